The first-order valence-corrected chi connectivity index (χ1v) is 7.96. The minimum atomic E-state index is -0.745. The number of halogens is 2. The van der Waals surface area contributed by atoms with Crippen LogP contribution in [0.3, 0.4) is 0 Å². The number of urea groups is 1. The molecular weight excluding hydrogens is 345 g/mol. The van der Waals surface area contributed by atoms with E-state index in [1.54, 1.807) is 12.1 Å². The molecule has 5 nitrogen and oxygen atoms in total. The van der Waals surface area contributed by atoms with Gasteiger partial charge in [-0.15, -0.1) is 11.3 Å². The van der Waals surface area contributed by atoms with Crippen molar-refractivity contribution < 1.29 is 9.59 Å². The number of carbonyl (C=O) groups excluding carboxylic acids is 2. The van der Waals surface area contributed by atoms with Crippen LogP contribution in [-0.2, 0) is 12.8 Å². The van der Waals surface area contributed by atoms with E-state index in [1.165, 1.54) is 11.3 Å². The third-order valence-corrected chi connectivity index (χ3v) is 5.26. The molecule has 3 amide bonds. The number of primary amides is 2. The smallest absolute Gasteiger partial charge is 0.317 e. The van der Waals surface area contributed by atoms with Gasteiger partial charge < -0.3 is 11.5 Å². The average molecular weight is 356 g/mol. The molecule has 1 aliphatic carbocycles. The van der Waals surface area contributed by atoms with E-state index >= 15 is 0 Å². The topological polar surface area (TPSA) is 98.2 Å². The monoisotopic (exact) mass is 355 g/mol. The van der Waals surface area contributed by atoms with Crippen molar-refractivity contribution in [1.82, 2.24) is 0 Å². The van der Waals surface area contributed by atoms with E-state index in [2.05, 4.69) is 5.32 Å². The van der Waals surface area contributed by atoms with Crippen molar-refractivity contribution in [3.8, 4) is 10.4 Å². The van der Waals surface area contributed by atoms with Crippen LogP contribution < -0.4 is 16.8 Å². The minimum Gasteiger partial charge on any atom is -0.365 e. The number of hydrogen-bond acceptors (Lipinski definition) is 3. The molecule has 114 valence electrons. The van der Waals surface area contributed by atoms with Crippen LogP contribution in [0, 0.1) is 0 Å². The van der Waals surface area contributed by atoms with Crippen molar-refractivity contribution in [3.05, 3.63) is 38.9 Å². The van der Waals surface area contributed by atoms with Crippen LogP contribution >= 0.6 is 34.5 Å². The SMILES string of the molecule is NC(=O)Nc1sc2c(c1C(N)=O)CCc1c(Cl)cc(Cl)cc1-2. The standard InChI is InChI=1S/C14H11Cl2N3O2S/c15-5-3-8-6(9(16)4-5)1-2-7-10(12(17)20)13(19-14(18)21)22-11(7)8/h3-4H,1-2H2,(H2,17,20)(H3,18,19,21). The molecule has 1 aliphatic rings. The molecule has 3 rings (SSSR count). The summed E-state index contributed by atoms with van der Waals surface area (Å²) in [4.78, 5) is 23.7. The molecule has 0 bridgehead atoms. The Balaban J connectivity index is 2.26. The van der Waals surface area contributed by atoms with Gasteiger partial charge in [-0.2, -0.15) is 0 Å². The highest BCUT2D eigenvalue weighted by atomic mass is 35.5. The van der Waals surface area contributed by atoms with E-state index in [1.807, 2.05) is 0 Å². The van der Waals surface area contributed by atoms with Crippen LogP contribution in [0.5, 0.6) is 0 Å². The number of amides is 3. The van der Waals surface area contributed by atoms with Gasteiger partial charge in [0, 0.05) is 14.9 Å². The number of nitrogens with two attached hydrogens (primary N) is 2. The maximum atomic E-state index is 11.8. The molecular formula is C14H11Cl2N3O2S. The van der Waals surface area contributed by atoms with Gasteiger partial charge in [0.15, 0.2) is 0 Å². The quantitative estimate of drug-likeness (QED) is 0.768. The highest BCUT2D eigenvalue weighted by Gasteiger charge is 2.28. The number of fused-ring (bicyclic) bond motifs is 3. The molecule has 1 heterocycles. The highest BCUT2D eigenvalue weighted by molar-refractivity contribution is 7.20. The lowest BCUT2D eigenvalue weighted by molar-refractivity contribution is 0.100. The highest BCUT2D eigenvalue weighted by Crippen LogP contribution is 2.47. The maximum Gasteiger partial charge on any atom is 0.317 e. The fraction of sp³-hybridized carbons (Fsp3) is 0.143. The third kappa shape index (κ3) is 2.43. The van der Waals surface area contributed by atoms with E-state index in [9.17, 15) is 9.59 Å². The average Bonchev–Trinajstić information content (AvgIpc) is 2.75. The maximum absolute atomic E-state index is 11.8. The van der Waals surface area contributed by atoms with Crippen LogP contribution in [0.15, 0.2) is 12.1 Å². The molecule has 5 N–H and O–H groups in total. The number of benzene rings is 1. The first-order chi connectivity index (χ1) is 10.4. The Labute approximate surface area is 140 Å². The lowest BCUT2D eigenvalue weighted by atomic mass is 9.89. The summed E-state index contributed by atoms with van der Waals surface area (Å²) < 4.78 is 0. The number of anilines is 1. The molecule has 8 heteroatoms. The Bertz CT molecular complexity index is 817. The van der Waals surface area contributed by atoms with Gasteiger partial charge in [-0.1, -0.05) is 23.2 Å². The molecule has 0 atom stereocenters. The predicted octanol–water partition coefficient (Wildman–Crippen LogP) is 3.41. The number of carbonyl (C=O) groups is 2. The van der Waals surface area contributed by atoms with Crippen LogP contribution in [0.4, 0.5) is 9.80 Å². The van der Waals surface area contributed by atoms with Crippen molar-refractivity contribution >= 4 is 51.5 Å². The van der Waals surface area contributed by atoms with E-state index in [4.69, 9.17) is 34.7 Å². The summed E-state index contributed by atoms with van der Waals surface area (Å²) in [5.41, 5.74) is 13.6. The lowest BCUT2D eigenvalue weighted by Crippen LogP contribution is -2.22. The fourth-order valence-electron chi connectivity index (χ4n) is 2.69. The summed E-state index contributed by atoms with van der Waals surface area (Å²) >= 11 is 13.6. The van der Waals surface area contributed by atoms with Crippen molar-refractivity contribution in [2.24, 2.45) is 11.5 Å². The molecule has 0 saturated heterocycles. The molecule has 0 unspecified atom stereocenters. The number of rotatable bonds is 2. The van der Waals surface area contributed by atoms with Gasteiger partial charge in [-0.3, -0.25) is 10.1 Å². The lowest BCUT2D eigenvalue weighted by Gasteiger charge is -2.18. The normalized spacial score (nSPS) is 12.5. The Morgan fingerprint density at radius 1 is 1.14 bits per heavy atom. The molecule has 0 fully saturated rings. The first-order valence-electron chi connectivity index (χ1n) is 6.38. The van der Waals surface area contributed by atoms with Crippen LogP contribution in [-0.4, -0.2) is 11.9 Å². The number of thiophene rings is 1. The number of hydrogen-bond donors (Lipinski definition) is 3. The predicted molar refractivity (Wildman–Crippen MR) is 88.9 cm³/mol. The van der Waals surface area contributed by atoms with Crippen molar-refractivity contribution in [2.75, 3.05) is 5.32 Å². The molecule has 22 heavy (non-hydrogen) atoms. The molecule has 0 saturated carbocycles. The molecule has 0 radical (unpaired) electrons. The summed E-state index contributed by atoms with van der Waals surface area (Å²) in [6.45, 7) is 0. The minimum absolute atomic E-state index is 0.306. The van der Waals surface area contributed by atoms with Gasteiger partial charge in [0.25, 0.3) is 5.91 Å². The Hall–Kier alpha value is -1.76. The Kier molecular flexibility index (Phi) is 3.76. The van der Waals surface area contributed by atoms with Crippen LogP contribution in [0.2, 0.25) is 10.0 Å². The van der Waals surface area contributed by atoms with E-state index in [-0.39, 0.29) is 0 Å². The van der Waals surface area contributed by atoms with Crippen molar-refractivity contribution in [2.45, 2.75) is 12.8 Å². The second-order valence-corrected chi connectivity index (χ2v) is 6.75. The van der Waals surface area contributed by atoms with E-state index in [0.29, 0.717) is 33.5 Å². The van der Waals surface area contributed by atoms with Gasteiger partial charge in [-0.25, -0.2) is 4.79 Å². The van der Waals surface area contributed by atoms with Gasteiger partial charge >= 0.3 is 6.03 Å². The zero-order valence-electron chi connectivity index (χ0n) is 11.2. The summed E-state index contributed by atoms with van der Waals surface area (Å²) in [5.74, 6) is -0.599. The molecule has 2 aromatic rings. The summed E-state index contributed by atoms with van der Waals surface area (Å²) in [6.07, 6.45) is 1.28. The molecule has 1 aromatic heterocycles. The largest absolute Gasteiger partial charge is 0.365 e. The van der Waals surface area contributed by atoms with E-state index < -0.39 is 11.9 Å². The molecule has 0 spiro atoms. The fourth-order valence-corrected chi connectivity index (χ4v) is 4.58. The second kappa shape index (κ2) is 5.46. The van der Waals surface area contributed by atoms with Crippen LogP contribution in [0.1, 0.15) is 21.5 Å². The zero-order valence-corrected chi connectivity index (χ0v) is 13.5. The second-order valence-electron chi connectivity index (χ2n) is 4.88. The molecule has 0 aliphatic heterocycles. The zero-order chi connectivity index (χ0) is 16.0. The van der Waals surface area contributed by atoms with Gasteiger partial charge in [0.2, 0.25) is 0 Å². The molecule has 1 aromatic carbocycles. The first kappa shape index (κ1) is 15.1. The van der Waals surface area contributed by atoms with Gasteiger partial charge in [0.05, 0.1) is 5.56 Å². The van der Waals surface area contributed by atoms with Crippen molar-refractivity contribution in [1.29, 1.82) is 0 Å². The van der Waals surface area contributed by atoms with Gasteiger partial charge in [-0.05, 0) is 41.7 Å². The summed E-state index contributed by atoms with van der Waals surface area (Å²) in [5, 5.41) is 3.92. The van der Waals surface area contributed by atoms with E-state index in [0.717, 1.165) is 21.6 Å². The Morgan fingerprint density at radius 2 is 1.82 bits per heavy atom. The summed E-state index contributed by atoms with van der Waals surface area (Å²) in [7, 11) is 0. The Morgan fingerprint density at radius 3 is 2.45 bits per heavy atom. The van der Waals surface area contributed by atoms with Gasteiger partial charge in [0.1, 0.15) is 5.00 Å². The third-order valence-electron chi connectivity index (χ3n) is 3.52. The number of nitrogens with one attached hydrogen (secondary N) is 1. The van der Waals surface area contributed by atoms with Crippen molar-refractivity contribution in [3.63, 3.8) is 0 Å². The van der Waals surface area contributed by atoms with Crippen LogP contribution in [0.25, 0.3) is 10.4 Å². The summed E-state index contributed by atoms with van der Waals surface area (Å²) in [6, 6.07) is 2.75.